The molecule has 1 saturated carbocycles. The molecule has 0 amide bonds. The summed E-state index contributed by atoms with van der Waals surface area (Å²) in [6.07, 6.45) is 6.07. The van der Waals surface area contributed by atoms with Crippen LogP contribution < -0.4 is 10.6 Å². The van der Waals surface area contributed by atoms with Gasteiger partial charge in [-0.1, -0.05) is 30.6 Å². The van der Waals surface area contributed by atoms with Crippen LogP contribution in [0.25, 0.3) is 0 Å². The van der Waals surface area contributed by atoms with Crippen molar-refractivity contribution in [1.82, 2.24) is 4.98 Å². The highest BCUT2D eigenvalue weighted by molar-refractivity contribution is 7.15. The topological polar surface area (TPSA) is 42.2 Å². The van der Waals surface area contributed by atoms with Crippen molar-refractivity contribution in [1.29, 1.82) is 0 Å². The van der Waals surface area contributed by atoms with Crippen LogP contribution in [0, 0.1) is 6.92 Å². The number of hydrogen-bond acceptors (Lipinski definition) is 4. The van der Waals surface area contributed by atoms with Crippen molar-refractivity contribution in [2.45, 2.75) is 44.6 Å². The van der Waals surface area contributed by atoms with Gasteiger partial charge < -0.3 is 10.6 Å². The molecule has 1 fully saturated rings. The Kier molecular flexibility index (Phi) is 3.22. The fraction of sp³-hybridized carbons (Fsp3) is 0.750. The molecule has 4 heteroatoms. The zero-order valence-corrected chi connectivity index (χ0v) is 11.2. The first-order valence-electron chi connectivity index (χ1n) is 5.97. The average Bonchev–Trinajstić information content (AvgIpc) is 2.62. The van der Waals surface area contributed by atoms with E-state index >= 15 is 0 Å². The molecule has 16 heavy (non-hydrogen) atoms. The average molecular weight is 239 g/mol. The van der Waals surface area contributed by atoms with Crippen molar-refractivity contribution in [3.05, 3.63) is 10.6 Å². The van der Waals surface area contributed by atoms with Crippen molar-refractivity contribution in [3.8, 4) is 0 Å². The van der Waals surface area contributed by atoms with Gasteiger partial charge in [0.05, 0.1) is 11.2 Å². The first-order chi connectivity index (χ1) is 7.53. The summed E-state index contributed by atoms with van der Waals surface area (Å²) in [5, 5.41) is 1.07. The third-order valence-corrected chi connectivity index (χ3v) is 4.91. The molecular weight excluding hydrogens is 218 g/mol. The Labute approximate surface area is 102 Å². The van der Waals surface area contributed by atoms with Crippen LogP contribution in [0.1, 0.15) is 42.7 Å². The lowest BCUT2D eigenvalue weighted by atomic mass is 9.81. The quantitative estimate of drug-likeness (QED) is 0.862. The van der Waals surface area contributed by atoms with Gasteiger partial charge in [-0.25, -0.2) is 4.98 Å². The normalized spacial score (nSPS) is 19.8. The van der Waals surface area contributed by atoms with Gasteiger partial charge in [0, 0.05) is 19.0 Å². The third kappa shape index (κ3) is 2.09. The number of aryl methyl sites for hydroxylation is 1. The van der Waals surface area contributed by atoms with Crippen LogP contribution in [-0.4, -0.2) is 19.1 Å². The zero-order valence-electron chi connectivity index (χ0n) is 10.4. The fourth-order valence-corrected chi connectivity index (χ4v) is 3.59. The summed E-state index contributed by atoms with van der Waals surface area (Å²) < 4.78 is 0. The van der Waals surface area contributed by atoms with Crippen LogP contribution in [0.5, 0.6) is 0 Å². The van der Waals surface area contributed by atoms with E-state index in [9.17, 15) is 0 Å². The predicted octanol–water partition coefficient (Wildman–Crippen LogP) is 2.64. The Hall–Kier alpha value is -0.610. The molecule has 0 aromatic carbocycles. The van der Waals surface area contributed by atoms with Crippen LogP contribution in [0.3, 0.4) is 0 Å². The number of rotatable bonds is 2. The SMILES string of the molecule is Cc1nc(N(C)C)sc1C1(N)CCCCC1. The van der Waals surface area contributed by atoms with E-state index < -0.39 is 0 Å². The molecule has 2 N–H and O–H groups in total. The summed E-state index contributed by atoms with van der Waals surface area (Å²) >= 11 is 1.76. The van der Waals surface area contributed by atoms with Crippen LogP contribution >= 0.6 is 11.3 Å². The minimum absolute atomic E-state index is 0.103. The fourth-order valence-electron chi connectivity index (χ4n) is 2.45. The van der Waals surface area contributed by atoms with Gasteiger partial charge in [0.25, 0.3) is 0 Å². The molecule has 1 aliphatic carbocycles. The molecule has 2 rings (SSSR count). The summed E-state index contributed by atoms with van der Waals surface area (Å²) in [4.78, 5) is 7.96. The van der Waals surface area contributed by atoms with E-state index in [0.717, 1.165) is 23.7 Å². The first kappa shape index (κ1) is 11.9. The second kappa shape index (κ2) is 4.34. The van der Waals surface area contributed by atoms with E-state index in [-0.39, 0.29) is 5.54 Å². The molecule has 0 bridgehead atoms. The number of nitrogens with two attached hydrogens (primary N) is 1. The minimum Gasteiger partial charge on any atom is -0.354 e. The van der Waals surface area contributed by atoms with E-state index in [1.54, 1.807) is 11.3 Å². The Bertz CT molecular complexity index is 364. The van der Waals surface area contributed by atoms with Gasteiger partial charge in [-0.05, 0) is 19.8 Å². The van der Waals surface area contributed by atoms with Gasteiger partial charge >= 0.3 is 0 Å². The van der Waals surface area contributed by atoms with Gasteiger partial charge in [0.15, 0.2) is 5.13 Å². The minimum atomic E-state index is -0.103. The maximum absolute atomic E-state index is 6.55. The third-order valence-electron chi connectivity index (χ3n) is 3.37. The summed E-state index contributed by atoms with van der Waals surface area (Å²) in [5.41, 5.74) is 7.57. The van der Waals surface area contributed by atoms with E-state index in [4.69, 9.17) is 5.73 Å². The second-order valence-corrected chi connectivity index (χ2v) is 6.00. The predicted molar refractivity (Wildman–Crippen MR) is 70.1 cm³/mol. The molecule has 0 unspecified atom stereocenters. The molecule has 3 nitrogen and oxygen atoms in total. The highest BCUT2D eigenvalue weighted by Gasteiger charge is 2.33. The zero-order chi connectivity index (χ0) is 11.8. The lowest BCUT2D eigenvalue weighted by Gasteiger charge is -2.32. The molecule has 0 atom stereocenters. The van der Waals surface area contributed by atoms with Crippen molar-refractivity contribution in [3.63, 3.8) is 0 Å². The number of anilines is 1. The summed E-state index contributed by atoms with van der Waals surface area (Å²) in [6.45, 7) is 2.09. The monoisotopic (exact) mass is 239 g/mol. The van der Waals surface area contributed by atoms with E-state index in [2.05, 4.69) is 16.8 Å². The number of thiazole rings is 1. The van der Waals surface area contributed by atoms with Crippen molar-refractivity contribution in [2.24, 2.45) is 5.73 Å². The maximum Gasteiger partial charge on any atom is 0.185 e. The van der Waals surface area contributed by atoms with E-state index in [1.807, 2.05) is 14.1 Å². The molecule has 1 heterocycles. The van der Waals surface area contributed by atoms with Gasteiger partial charge in [-0.2, -0.15) is 0 Å². The van der Waals surface area contributed by atoms with Crippen LogP contribution in [0.2, 0.25) is 0 Å². The Morgan fingerprint density at radius 3 is 2.38 bits per heavy atom. The molecule has 0 saturated heterocycles. The van der Waals surface area contributed by atoms with E-state index in [0.29, 0.717) is 0 Å². The Morgan fingerprint density at radius 2 is 1.88 bits per heavy atom. The Morgan fingerprint density at radius 1 is 1.25 bits per heavy atom. The van der Waals surface area contributed by atoms with Crippen LogP contribution in [-0.2, 0) is 5.54 Å². The lowest BCUT2D eigenvalue weighted by molar-refractivity contribution is 0.306. The summed E-state index contributed by atoms with van der Waals surface area (Å²) in [5.74, 6) is 0. The molecule has 1 aromatic heterocycles. The number of nitrogens with zero attached hydrogens (tertiary/aromatic N) is 2. The Balaban J connectivity index is 2.31. The van der Waals surface area contributed by atoms with Crippen LogP contribution in [0.15, 0.2) is 0 Å². The smallest absolute Gasteiger partial charge is 0.185 e. The van der Waals surface area contributed by atoms with Gasteiger partial charge in [0.1, 0.15) is 0 Å². The van der Waals surface area contributed by atoms with Gasteiger partial charge in [0.2, 0.25) is 0 Å². The molecule has 0 spiro atoms. The highest BCUT2D eigenvalue weighted by atomic mass is 32.1. The van der Waals surface area contributed by atoms with E-state index in [1.165, 1.54) is 24.1 Å². The largest absolute Gasteiger partial charge is 0.354 e. The lowest BCUT2D eigenvalue weighted by Crippen LogP contribution is -2.38. The molecule has 0 aliphatic heterocycles. The summed E-state index contributed by atoms with van der Waals surface area (Å²) in [6, 6.07) is 0. The van der Waals surface area contributed by atoms with Crippen molar-refractivity contribution < 1.29 is 0 Å². The highest BCUT2D eigenvalue weighted by Crippen LogP contribution is 2.40. The number of hydrogen-bond donors (Lipinski definition) is 1. The maximum atomic E-state index is 6.55. The second-order valence-electron chi connectivity index (χ2n) is 5.02. The van der Waals surface area contributed by atoms with Crippen LogP contribution in [0.4, 0.5) is 5.13 Å². The molecule has 1 aliphatic rings. The van der Waals surface area contributed by atoms with Gasteiger partial charge in [-0.3, -0.25) is 0 Å². The molecule has 1 aromatic rings. The first-order valence-corrected chi connectivity index (χ1v) is 6.79. The van der Waals surface area contributed by atoms with Crippen molar-refractivity contribution in [2.75, 3.05) is 19.0 Å². The number of aromatic nitrogens is 1. The van der Waals surface area contributed by atoms with Crippen molar-refractivity contribution >= 4 is 16.5 Å². The molecular formula is C12H21N3S. The summed E-state index contributed by atoms with van der Waals surface area (Å²) in [7, 11) is 4.07. The standard InChI is InChI=1S/C12H21N3S/c1-9-10(16-11(14-9)15(2)3)12(13)7-5-4-6-8-12/h4-8,13H2,1-3H3. The molecule has 90 valence electrons. The van der Waals surface area contributed by atoms with Gasteiger partial charge in [-0.15, -0.1) is 0 Å². The molecule has 0 radical (unpaired) electrons.